The molecule has 0 aromatic heterocycles. The van der Waals surface area contributed by atoms with Gasteiger partial charge in [0.15, 0.2) is 9.84 Å². The van der Waals surface area contributed by atoms with Crippen molar-refractivity contribution in [1.82, 2.24) is 4.90 Å². The summed E-state index contributed by atoms with van der Waals surface area (Å²) >= 11 is 0. The molecule has 2 fully saturated rings. The van der Waals surface area contributed by atoms with Crippen LogP contribution in [0.1, 0.15) is 19.3 Å². The van der Waals surface area contributed by atoms with Crippen molar-refractivity contribution in [1.29, 1.82) is 0 Å². The van der Waals surface area contributed by atoms with Gasteiger partial charge in [0.25, 0.3) is 5.69 Å². The van der Waals surface area contributed by atoms with E-state index in [0.717, 1.165) is 12.5 Å². The van der Waals surface area contributed by atoms with Crippen LogP contribution in [0, 0.1) is 16.0 Å². The highest BCUT2D eigenvalue weighted by Crippen LogP contribution is 2.40. The lowest BCUT2D eigenvalue weighted by Gasteiger charge is -2.41. The van der Waals surface area contributed by atoms with Crippen LogP contribution < -0.4 is 0 Å². The summed E-state index contributed by atoms with van der Waals surface area (Å²) in [6.45, 7) is 1.54. The predicted molar refractivity (Wildman–Crippen MR) is 77.9 cm³/mol. The summed E-state index contributed by atoms with van der Waals surface area (Å²) in [6.07, 6.45) is 3.73. The molecule has 0 bridgehead atoms. The molecule has 0 spiro atoms. The van der Waals surface area contributed by atoms with Crippen LogP contribution in [0.4, 0.5) is 5.69 Å². The van der Waals surface area contributed by atoms with Crippen LogP contribution in [-0.4, -0.2) is 43.1 Å². The first-order chi connectivity index (χ1) is 9.97. The maximum absolute atomic E-state index is 12.3. The molecule has 0 N–H and O–H groups in total. The van der Waals surface area contributed by atoms with E-state index in [1.54, 1.807) is 0 Å². The molecular weight excluding hydrogens is 292 g/mol. The van der Waals surface area contributed by atoms with Gasteiger partial charge in [-0.1, -0.05) is 0 Å². The Morgan fingerprint density at radius 3 is 2.33 bits per heavy atom. The van der Waals surface area contributed by atoms with Gasteiger partial charge in [-0.25, -0.2) is 8.42 Å². The smallest absolute Gasteiger partial charge is 0.269 e. The third kappa shape index (κ3) is 3.08. The summed E-state index contributed by atoms with van der Waals surface area (Å²) in [5, 5.41) is 10.6. The highest BCUT2D eigenvalue weighted by Gasteiger charge is 2.40. The molecule has 1 saturated carbocycles. The fraction of sp³-hybridized carbons (Fsp3) is 0.571. The van der Waals surface area contributed by atoms with Gasteiger partial charge < -0.3 is 0 Å². The minimum absolute atomic E-state index is 0.0774. The topological polar surface area (TPSA) is 80.5 Å². The second-order valence-corrected chi connectivity index (χ2v) is 7.91. The molecule has 0 radical (unpaired) electrons. The van der Waals surface area contributed by atoms with Gasteiger partial charge in [-0.05, 0) is 43.9 Å². The third-order valence-corrected chi connectivity index (χ3v) is 6.11. The van der Waals surface area contributed by atoms with E-state index in [1.807, 2.05) is 0 Å². The molecule has 1 aromatic carbocycles. The van der Waals surface area contributed by atoms with E-state index in [2.05, 4.69) is 4.90 Å². The largest absolute Gasteiger partial charge is 0.299 e. The van der Waals surface area contributed by atoms with Crippen molar-refractivity contribution in [3.05, 3.63) is 34.4 Å². The van der Waals surface area contributed by atoms with Crippen LogP contribution in [-0.2, 0) is 9.84 Å². The minimum Gasteiger partial charge on any atom is -0.299 e. The van der Waals surface area contributed by atoms with Crippen molar-refractivity contribution in [2.45, 2.75) is 30.2 Å². The highest BCUT2D eigenvalue weighted by atomic mass is 32.2. The Bertz CT molecular complexity index is 637. The number of nitro groups is 1. The predicted octanol–water partition coefficient (Wildman–Crippen LogP) is 1.85. The van der Waals surface area contributed by atoms with Crippen LogP contribution in [0.15, 0.2) is 29.2 Å². The Balaban J connectivity index is 1.62. The number of nitrogens with zero attached hydrogens (tertiary/aromatic N) is 2. The van der Waals surface area contributed by atoms with Gasteiger partial charge >= 0.3 is 0 Å². The molecule has 1 heterocycles. The van der Waals surface area contributed by atoms with Crippen LogP contribution >= 0.6 is 0 Å². The lowest BCUT2D eigenvalue weighted by molar-refractivity contribution is -0.384. The Morgan fingerprint density at radius 2 is 1.86 bits per heavy atom. The van der Waals surface area contributed by atoms with E-state index in [4.69, 9.17) is 0 Å². The van der Waals surface area contributed by atoms with E-state index in [9.17, 15) is 18.5 Å². The lowest BCUT2D eigenvalue weighted by atomic mass is 9.99. The Labute approximate surface area is 123 Å². The van der Waals surface area contributed by atoms with Gasteiger partial charge in [0.1, 0.15) is 0 Å². The van der Waals surface area contributed by atoms with Crippen molar-refractivity contribution in [2.75, 3.05) is 18.8 Å². The number of rotatable bonds is 6. The number of hydrogen-bond acceptors (Lipinski definition) is 5. The molecule has 3 rings (SSSR count). The van der Waals surface area contributed by atoms with Gasteiger partial charge in [-0.15, -0.1) is 0 Å². The molecule has 6 nitrogen and oxygen atoms in total. The van der Waals surface area contributed by atoms with E-state index >= 15 is 0 Å². The molecule has 21 heavy (non-hydrogen) atoms. The fourth-order valence-corrected chi connectivity index (χ4v) is 4.15. The molecule has 1 saturated heterocycles. The van der Waals surface area contributed by atoms with E-state index in [0.29, 0.717) is 12.6 Å². The van der Waals surface area contributed by atoms with Crippen LogP contribution in [0.5, 0.6) is 0 Å². The molecular formula is C14H18N2O4S. The van der Waals surface area contributed by atoms with Crippen molar-refractivity contribution >= 4 is 15.5 Å². The summed E-state index contributed by atoms with van der Waals surface area (Å²) in [4.78, 5) is 12.5. The molecule has 1 aliphatic heterocycles. The summed E-state index contributed by atoms with van der Waals surface area (Å²) in [5.41, 5.74) is -0.0921. The zero-order valence-electron chi connectivity index (χ0n) is 11.6. The third-order valence-electron chi connectivity index (χ3n) is 4.40. The minimum atomic E-state index is -3.37. The molecule has 1 atom stereocenters. The van der Waals surface area contributed by atoms with Crippen molar-refractivity contribution < 1.29 is 13.3 Å². The van der Waals surface area contributed by atoms with Crippen molar-refractivity contribution in [3.8, 4) is 0 Å². The number of hydrogen-bond donors (Lipinski definition) is 0. The van der Waals surface area contributed by atoms with Crippen LogP contribution in [0.25, 0.3) is 0 Å². The maximum Gasteiger partial charge on any atom is 0.269 e. The molecule has 0 amide bonds. The number of non-ortho nitro benzene ring substituents is 1. The van der Waals surface area contributed by atoms with E-state index < -0.39 is 14.8 Å². The highest BCUT2D eigenvalue weighted by molar-refractivity contribution is 7.91. The van der Waals surface area contributed by atoms with Crippen LogP contribution in [0.3, 0.4) is 0 Å². The Morgan fingerprint density at radius 1 is 1.19 bits per heavy atom. The second-order valence-electron chi connectivity index (χ2n) is 5.80. The normalized spacial score (nSPS) is 22.8. The van der Waals surface area contributed by atoms with Gasteiger partial charge in [0, 0.05) is 24.7 Å². The monoisotopic (exact) mass is 310 g/mol. The number of likely N-dealkylation sites (tertiary alicyclic amines) is 1. The molecule has 1 aromatic rings. The number of sulfone groups is 1. The molecule has 7 heteroatoms. The van der Waals surface area contributed by atoms with Gasteiger partial charge in [0.2, 0.25) is 0 Å². The fourth-order valence-electron chi connectivity index (χ4n) is 2.88. The second kappa shape index (κ2) is 5.38. The summed E-state index contributed by atoms with van der Waals surface area (Å²) in [5.74, 6) is 0.856. The quantitative estimate of drug-likeness (QED) is 0.592. The van der Waals surface area contributed by atoms with E-state index in [1.165, 1.54) is 43.5 Å². The molecule has 0 unspecified atom stereocenters. The van der Waals surface area contributed by atoms with E-state index in [-0.39, 0.29) is 16.3 Å². The van der Waals surface area contributed by atoms with Crippen molar-refractivity contribution in [2.24, 2.45) is 5.92 Å². The molecule has 2 aliphatic rings. The maximum atomic E-state index is 12.3. The van der Waals surface area contributed by atoms with Crippen LogP contribution in [0.2, 0.25) is 0 Å². The van der Waals surface area contributed by atoms with Gasteiger partial charge in [0.05, 0.1) is 15.6 Å². The zero-order valence-corrected chi connectivity index (χ0v) is 12.5. The first kappa shape index (κ1) is 14.5. The molecule has 1 aliphatic carbocycles. The molecule has 114 valence electrons. The zero-order chi connectivity index (χ0) is 15.0. The summed E-state index contributed by atoms with van der Waals surface area (Å²) in [6, 6.07) is 5.70. The lowest BCUT2D eigenvalue weighted by Crippen LogP contribution is -2.50. The standard InChI is InChI=1S/C14H18N2O4S/c17-16(18)12-3-5-13(6-4-12)21(19,20)10-9-15-8-7-14(15)11-1-2-11/h3-6,11,14H,1-2,7-10H2/t14-/m0/s1. The SMILES string of the molecule is O=[N+]([O-])c1ccc(S(=O)(=O)CCN2CC[C@H]2C2CC2)cc1. The Kier molecular flexibility index (Phi) is 3.71. The number of benzene rings is 1. The summed E-state index contributed by atoms with van der Waals surface area (Å²) in [7, 11) is -3.37. The first-order valence-electron chi connectivity index (χ1n) is 7.18. The first-order valence-corrected chi connectivity index (χ1v) is 8.84. The summed E-state index contributed by atoms with van der Waals surface area (Å²) < 4.78 is 24.5. The number of nitro benzene ring substituents is 1. The average Bonchev–Trinajstić information content (AvgIpc) is 3.22. The van der Waals surface area contributed by atoms with Crippen molar-refractivity contribution in [3.63, 3.8) is 0 Å². The Hall–Kier alpha value is -1.47. The average molecular weight is 310 g/mol. The van der Waals surface area contributed by atoms with Gasteiger partial charge in [-0.3, -0.25) is 15.0 Å². The van der Waals surface area contributed by atoms with Gasteiger partial charge in [-0.2, -0.15) is 0 Å².